The van der Waals surface area contributed by atoms with E-state index < -0.39 is 0 Å². The number of fused-ring (bicyclic) bond motifs is 1. The Hall–Kier alpha value is -2.17. The van der Waals surface area contributed by atoms with Crippen molar-refractivity contribution < 1.29 is 0 Å². The number of benzene rings is 1. The topological polar surface area (TPSA) is 76.7 Å². The SMILES string of the molecule is Cc1ccc2c(c1C)C(Nc1nc(N)nc(C(C)C)n1)CC2. The van der Waals surface area contributed by atoms with Crippen molar-refractivity contribution in [2.75, 3.05) is 11.1 Å². The van der Waals surface area contributed by atoms with Gasteiger partial charge in [-0.1, -0.05) is 26.0 Å². The smallest absolute Gasteiger partial charge is 0.228 e. The molecule has 1 aliphatic carbocycles. The zero-order chi connectivity index (χ0) is 15.9. The molecule has 1 atom stereocenters. The monoisotopic (exact) mass is 297 g/mol. The second-order valence-corrected chi connectivity index (χ2v) is 6.35. The Morgan fingerprint density at radius 3 is 2.68 bits per heavy atom. The van der Waals surface area contributed by atoms with Crippen molar-refractivity contribution in [3.63, 3.8) is 0 Å². The van der Waals surface area contributed by atoms with E-state index in [0.717, 1.165) is 18.7 Å². The maximum atomic E-state index is 5.82. The van der Waals surface area contributed by atoms with E-state index in [1.54, 1.807) is 0 Å². The van der Waals surface area contributed by atoms with Crippen LogP contribution in [0.2, 0.25) is 0 Å². The number of anilines is 2. The van der Waals surface area contributed by atoms with Gasteiger partial charge in [-0.15, -0.1) is 0 Å². The first kappa shape index (κ1) is 14.8. The lowest BCUT2D eigenvalue weighted by Gasteiger charge is -2.18. The van der Waals surface area contributed by atoms with E-state index in [0.29, 0.717) is 5.95 Å². The minimum absolute atomic E-state index is 0.227. The van der Waals surface area contributed by atoms with Crippen LogP contribution in [0.3, 0.4) is 0 Å². The number of hydrogen-bond donors (Lipinski definition) is 2. The van der Waals surface area contributed by atoms with Gasteiger partial charge in [0.1, 0.15) is 5.82 Å². The zero-order valence-electron chi connectivity index (χ0n) is 13.6. The molecule has 0 aliphatic heterocycles. The quantitative estimate of drug-likeness (QED) is 0.909. The summed E-state index contributed by atoms with van der Waals surface area (Å²) in [6.07, 6.45) is 2.15. The molecule has 3 rings (SSSR count). The van der Waals surface area contributed by atoms with Crippen molar-refractivity contribution in [2.24, 2.45) is 0 Å². The van der Waals surface area contributed by atoms with E-state index in [4.69, 9.17) is 5.73 Å². The summed E-state index contributed by atoms with van der Waals surface area (Å²) in [7, 11) is 0. The van der Waals surface area contributed by atoms with Crippen molar-refractivity contribution >= 4 is 11.9 Å². The van der Waals surface area contributed by atoms with Crippen LogP contribution < -0.4 is 11.1 Å². The molecule has 2 aromatic rings. The van der Waals surface area contributed by atoms with Crippen LogP contribution in [0.15, 0.2) is 12.1 Å². The summed E-state index contributed by atoms with van der Waals surface area (Å²) < 4.78 is 0. The van der Waals surface area contributed by atoms with Crippen LogP contribution in [0, 0.1) is 13.8 Å². The molecule has 3 N–H and O–H groups in total. The van der Waals surface area contributed by atoms with Gasteiger partial charge in [0, 0.05) is 5.92 Å². The minimum Gasteiger partial charge on any atom is -0.368 e. The number of aromatic nitrogens is 3. The van der Waals surface area contributed by atoms with Crippen molar-refractivity contribution in [2.45, 2.75) is 52.5 Å². The second kappa shape index (κ2) is 5.55. The van der Waals surface area contributed by atoms with Crippen molar-refractivity contribution in [1.29, 1.82) is 0 Å². The van der Waals surface area contributed by atoms with Crippen LogP contribution in [0.1, 0.15) is 60.3 Å². The van der Waals surface area contributed by atoms with Gasteiger partial charge >= 0.3 is 0 Å². The highest BCUT2D eigenvalue weighted by Gasteiger charge is 2.25. The number of nitrogen functional groups attached to an aromatic ring is 1. The molecule has 1 unspecified atom stereocenters. The van der Waals surface area contributed by atoms with E-state index in [1.165, 1.54) is 22.3 Å². The summed E-state index contributed by atoms with van der Waals surface area (Å²) >= 11 is 0. The van der Waals surface area contributed by atoms with Crippen LogP contribution in [0.4, 0.5) is 11.9 Å². The first-order valence-electron chi connectivity index (χ1n) is 7.82. The van der Waals surface area contributed by atoms with E-state index in [1.807, 2.05) is 0 Å². The van der Waals surface area contributed by atoms with Gasteiger partial charge in [-0.05, 0) is 48.9 Å². The fraction of sp³-hybridized carbons (Fsp3) is 0.471. The molecule has 1 aliphatic rings. The number of aryl methyl sites for hydroxylation is 2. The number of nitrogens with two attached hydrogens (primary N) is 1. The summed E-state index contributed by atoms with van der Waals surface area (Å²) in [6, 6.07) is 4.69. The highest BCUT2D eigenvalue weighted by molar-refractivity contribution is 5.48. The van der Waals surface area contributed by atoms with Gasteiger partial charge in [0.15, 0.2) is 0 Å². The third-order valence-electron chi connectivity index (χ3n) is 4.42. The summed E-state index contributed by atoms with van der Waals surface area (Å²) in [5.41, 5.74) is 11.3. The third kappa shape index (κ3) is 2.63. The summed E-state index contributed by atoms with van der Waals surface area (Å²) in [4.78, 5) is 13.0. The molecule has 22 heavy (non-hydrogen) atoms. The molecule has 116 valence electrons. The highest BCUT2D eigenvalue weighted by atomic mass is 15.2. The molecule has 1 aromatic carbocycles. The summed E-state index contributed by atoms with van der Waals surface area (Å²) in [6.45, 7) is 8.45. The van der Waals surface area contributed by atoms with Crippen molar-refractivity contribution in [1.82, 2.24) is 15.0 Å². The average Bonchev–Trinajstić information content (AvgIpc) is 2.86. The van der Waals surface area contributed by atoms with Gasteiger partial charge in [-0.2, -0.15) is 15.0 Å². The molecule has 5 nitrogen and oxygen atoms in total. The maximum absolute atomic E-state index is 5.82. The third-order valence-corrected chi connectivity index (χ3v) is 4.42. The van der Waals surface area contributed by atoms with Crippen LogP contribution in [-0.4, -0.2) is 15.0 Å². The van der Waals surface area contributed by atoms with Gasteiger partial charge < -0.3 is 11.1 Å². The minimum atomic E-state index is 0.227. The van der Waals surface area contributed by atoms with Gasteiger partial charge in [0.2, 0.25) is 11.9 Å². The standard InChI is InChI=1S/C17H23N5/c1-9(2)15-20-16(18)22-17(21-15)19-13-8-7-12-6-5-10(3)11(4)14(12)13/h5-6,9,13H,7-8H2,1-4H3,(H3,18,19,20,21,22). The van der Waals surface area contributed by atoms with E-state index in [-0.39, 0.29) is 17.9 Å². The summed E-state index contributed by atoms with van der Waals surface area (Å²) in [5.74, 6) is 1.82. The fourth-order valence-corrected chi connectivity index (χ4v) is 3.07. The predicted octanol–water partition coefficient (Wildman–Crippen LogP) is 3.29. The van der Waals surface area contributed by atoms with E-state index in [2.05, 4.69) is 60.1 Å². The van der Waals surface area contributed by atoms with Crippen molar-refractivity contribution in [3.05, 3.63) is 40.2 Å². The second-order valence-electron chi connectivity index (χ2n) is 6.35. The number of nitrogens with zero attached hydrogens (tertiary/aromatic N) is 3. The Labute approximate surface area is 131 Å². The van der Waals surface area contributed by atoms with Crippen LogP contribution in [-0.2, 0) is 6.42 Å². The Morgan fingerprint density at radius 1 is 1.18 bits per heavy atom. The number of rotatable bonds is 3. The molecular weight excluding hydrogens is 274 g/mol. The van der Waals surface area contributed by atoms with Crippen LogP contribution in [0.25, 0.3) is 0 Å². The molecule has 0 saturated carbocycles. The fourth-order valence-electron chi connectivity index (χ4n) is 3.07. The number of hydrogen-bond acceptors (Lipinski definition) is 5. The van der Waals surface area contributed by atoms with Gasteiger partial charge in [-0.25, -0.2) is 0 Å². The lowest BCUT2D eigenvalue weighted by Crippen LogP contribution is -2.14. The first-order chi connectivity index (χ1) is 10.5. The predicted molar refractivity (Wildman–Crippen MR) is 88.9 cm³/mol. The Bertz CT molecular complexity index is 708. The van der Waals surface area contributed by atoms with Crippen LogP contribution >= 0.6 is 0 Å². The molecule has 0 saturated heterocycles. The zero-order valence-corrected chi connectivity index (χ0v) is 13.6. The molecule has 1 heterocycles. The largest absolute Gasteiger partial charge is 0.368 e. The first-order valence-corrected chi connectivity index (χ1v) is 7.82. The molecule has 0 amide bonds. The lowest BCUT2D eigenvalue weighted by atomic mass is 9.98. The highest BCUT2D eigenvalue weighted by Crippen LogP contribution is 2.36. The van der Waals surface area contributed by atoms with Crippen LogP contribution in [0.5, 0.6) is 0 Å². The normalized spacial score (nSPS) is 16.9. The van der Waals surface area contributed by atoms with Gasteiger partial charge in [0.25, 0.3) is 0 Å². The van der Waals surface area contributed by atoms with E-state index >= 15 is 0 Å². The Balaban J connectivity index is 1.92. The Morgan fingerprint density at radius 2 is 1.95 bits per heavy atom. The van der Waals surface area contributed by atoms with Gasteiger partial charge in [0.05, 0.1) is 6.04 Å². The Kier molecular flexibility index (Phi) is 3.72. The van der Waals surface area contributed by atoms with Crippen molar-refractivity contribution in [3.8, 4) is 0 Å². The molecule has 5 heteroatoms. The molecule has 0 radical (unpaired) electrons. The maximum Gasteiger partial charge on any atom is 0.228 e. The average molecular weight is 297 g/mol. The number of nitrogens with one attached hydrogen (secondary N) is 1. The van der Waals surface area contributed by atoms with E-state index in [9.17, 15) is 0 Å². The molecule has 1 aromatic heterocycles. The molecule has 0 fully saturated rings. The summed E-state index contributed by atoms with van der Waals surface area (Å²) in [5, 5.41) is 3.46. The molecule has 0 spiro atoms. The lowest BCUT2D eigenvalue weighted by molar-refractivity contribution is 0.726. The van der Waals surface area contributed by atoms with Gasteiger partial charge in [-0.3, -0.25) is 0 Å². The molecule has 0 bridgehead atoms. The molecular formula is C17H23N5.